The van der Waals surface area contributed by atoms with Crippen LogP contribution < -0.4 is 15.8 Å². The number of carbonyl (C=O) groups is 3. The molecular weight excluding hydrogens is 388 g/mol. The summed E-state index contributed by atoms with van der Waals surface area (Å²) in [5.41, 5.74) is -1.04. The van der Waals surface area contributed by atoms with Crippen molar-refractivity contribution in [3.63, 3.8) is 0 Å². The van der Waals surface area contributed by atoms with Crippen LogP contribution in [0, 0.1) is 0 Å². The normalized spacial score (nSPS) is 14.7. The number of nitrogens with one attached hydrogen (secondary N) is 1. The van der Waals surface area contributed by atoms with Crippen LogP contribution in [0.1, 0.15) is 24.2 Å². The summed E-state index contributed by atoms with van der Waals surface area (Å²) in [6.45, 7) is 2.54. The van der Waals surface area contributed by atoms with E-state index in [1.54, 1.807) is 62.4 Å². The molecule has 0 saturated heterocycles. The van der Waals surface area contributed by atoms with E-state index in [0.717, 1.165) is 0 Å². The van der Waals surface area contributed by atoms with Gasteiger partial charge in [0, 0.05) is 5.39 Å². The molecule has 4 rings (SSSR count). The number of amides is 2. The van der Waals surface area contributed by atoms with Crippen LogP contribution in [-0.2, 0) is 14.3 Å². The standard InChI is InChI=1S/C22H18N2O6/c1-22(2)21(28)23-15-8-4-5-9-16(15)24(22)18(25)12-29-19(26)14-11-13-7-3-6-10-17(13)30-20(14)27/h3-11H,12H2,1-2H3,(H,23,28). The fourth-order valence-electron chi connectivity index (χ4n) is 3.37. The number of carbonyl (C=O) groups excluding carboxylic acids is 3. The predicted octanol–water partition coefficient (Wildman–Crippen LogP) is 2.71. The Morgan fingerprint density at radius 1 is 1.07 bits per heavy atom. The maximum absolute atomic E-state index is 12.9. The van der Waals surface area contributed by atoms with Gasteiger partial charge in [0.25, 0.3) is 5.91 Å². The zero-order valence-corrected chi connectivity index (χ0v) is 16.3. The molecule has 8 nitrogen and oxygen atoms in total. The number of para-hydroxylation sites is 3. The molecule has 2 aromatic carbocycles. The minimum atomic E-state index is -1.19. The molecule has 1 aromatic heterocycles. The van der Waals surface area contributed by atoms with E-state index in [-0.39, 0.29) is 11.5 Å². The van der Waals surface area contributed by atoms with Gasteiger partial charge in [-0.1, -0.05) is 30.3 Å². The molecule has 3 aromatic rings. The number of hydrogen-bond donors (Lipinski definition) is 1. The lowest BCUT2D eigenvalue weighted by Gasteiger charge is -2.41. The molecule has 2 amide bonds. The van der Waals surface area contributed by atoms with Gasteiger partial charge < -0.3 is 14.5 Å². The van der Waals surface area contributed by atoms with Crippen molar-refractivity contribution in [3.05, 3.63) is 70.6 Å². The largest absolute Gasteiger partial charge is 0.452 e. The van der Waals surface area contributed by atoms with Gasteiger partial charge in [-0.3, -0.25) is 14.5 Å². The molecule has 0 aliphatic carbocycles. The monoisotopic (exact) mass is 406 g/mol. The Labute approximate surface area is 171 Å². The summed E-state index contributed by atoms with van der Waals surface area (Å²) in [4.78, 5) is 51.2. The Morgan fingerprint density at radius 3 is 2.57 bits per heavy atom. The van der Waals surface area contributed by atoms with Crippen LogP contribution in [0.5, 0.6) is 0 Å². The summed E-state index contributed by atoms with van der Waals surface area (Å²) in [6, 6.07) is 14.9. The molecule has 1 aliphatic heterocycles. The van der Waals surface area contributed by atoms with Crippen molar-refractivity contribution in [2.45, 2.75) is 19.4 Å². The van der Waals surface area contributed by atoms with Gasteiger partial charge >= 0.3 is 11.6 Å². The first-order valence-electron chi connectivity index (χ1n) is 9.22. The number of ether oxygens (including phenoxy) is 1. The van der Waals surface area contributed by atoms with Gasteiger partial charge in [-0.25, -0.2) is 9.59 Å². The maximum atomic E-state index is 12.9. The highest BCUT2D eigenvalue weighted by molar-refractivity contribution is 6.14. The highest BCUT2D eigenvalue weighted by Gasteiger charge is 2.43. The molecule has 0 atom stereocenters. The Bertz CT molecular complexity index is 1240. The molecular formula is C22H18N2O6. The fraction of sp³-hybridized carbons (Fsp3) is 0.182. The molecule has 0 fully saturated rings. The van der Waals surface area contributed by atoms with Gasteiger partial charge in [-0.05, 0) is 38.1 Å². The second-order valence-corrected chi connectivity index (χ2v) is 7.32. The van der Waals surface area contributed by atoms with Crippen LogP contribution in [-0.4, -0.2) is 29.9 Å². The second kappa shape index (κ2) is 7.14. The third-order valence-electron chi connectivity index (χ3n) is 4.95. The lowest BCUT2D eigenvalue weighted by atomic mass is 9.96. The molecule has 1 N–H and O–H groups in total. The molecule has 0 radical (unpaired) electrons. The molecule has 0 spiro atoms. The van der Waals surface area contributed by atoms with Gasteiger partial charge in [-0.2, -0.15) is 0 Å². The van der Waals surface area contributed by atoms with Crippen LogP contribution in [0.4, 0.5) is 11.4 Å². The summed E-state index contributed by atoms with van der Waals surface area (Å²) < 4.78 is 10.2. The number of nitrogens with zero attached hydrogens (tertiary/aromatic N) is 1. The van der Waals surface area contributed by atoms with Crippen LogP contribution in [0.3, 0.4) is 0 Å². The number of anilines is 2. The van der Waals surface area contributed by atoms with Gasteiger partial charge in [0.05, 0.1) is 11.4 Å². The quantitative estimate of drug-likeness (QED) is 0.530. The van der Waals surface area contributed by atoms with Crippen molar-refractivity contribution in [2.24, 2.45) is 0 Å². The summed E-state index contributed by atoms with van der Waals surface area (Å²) in [5.74, 6) is -1.94. The first-order valence-corrected chi connectivity index (χ1v) is 9.22. The molecule has 30 heavy (non-hydrogen) atoms. The topological polar surface area (TPSA) is 106 Å². The van der Waals surface area contributed by atoms with Crippen molar-refractivity contribution in [2.75, 3.05) is 16.8 Å². The SMILES string of the molecule is CC1(C)C(=O)Nc2ccccc2N1C(=O)COC(=O)c1cc2ccccc2oc1=O. The first kappa shape index (κ1) is 19.4. The van der Waals surface area contributed by atoms with Crippen LogP contribution in [0.2, 0.25) is 0 Å². The number of hydrogen-bond acceptors (Lipinski definition) is 6. The fourth-order valence-corrected chi connectivity index (χ4v) is 3.37. The van der Waals surface area contributed by atoms with E-state index in [1.165, 1.54) is 11.0 Å². The average molecular weight is 406 g/mol. The number of rotatable bonds is 3. The third kappa shape index (κ3) is 3.22. The lowest BCUT2D eigenvalue weighted by Crippen LogP contribution is -2.59. The highest BCUT2D eigenvalue weighted by Crippen LogP contribution is 2.36. The summed E-state index contributed by atoms with van der Waals surface area (Å²) in [6.07, 6.45) is 0. The van der Waals surface area contributed by atoms with Gasteiger partial charge in [0.1, 0.15) is 16.7 Å². The van der Waals surface area contributed by atoms with Crippen molar-refractivity contribution in [1.29, 1.82) is 0 Å². The van der Waals surface area contributed by atoms with Crippen LogP contribution in [0.25, 0.3) is 11.0 Å². The van der Waals surface area contributed by atoms with Crippen molar-refractivity contribution in [1.82, 2.24) is 0 Å². The van der Waals surface area contributed by atoms with E-state index in [1.807, 2.05) is 0 Å². The maximum Gasteiger partial charge on any atom is 0.351 e. The van der Waals surface area contributed by atoms with Gasteiger partial charge in [-0.15, -0.1) is 0 Å². The smallest absolute Gasteiger partial charge is 0.351 e. The Morgan fingerprint density at radius 2 is 1.77 bits per heavy atom. The summed E-state index contributed by atoms with van der Waals surface area (Å²) >= 11 is 0. The molecule has 152 valence electrons. The summed E-state index contributed by atoms with van der Waals surface area (Å²) in [5, 5.41) is 3.31. The van der Waals surface area contributed by atoms with Crippen LogP contribution >= 0.6 is 0 Å². The zero-order valence-electron chi connectivity index (χ0n) is 16.3. The minimum Gasteiger partial charge on any atom is -0.452 e. The molecule has 0 unspecified atom stereocenters. The Balaban J connectivity index is 1.57. The third-order valence-corrected chi connectivity index (χ3v) is 4.95. The van der Waals surface area contributed by atoms with Gasteiger partial charge in [0.15, 0.2) is 6.61 Å². The number of benzene rings is 2. The van der Waals surface area contributed by atoms with E-state index >= 15 is 0 Å². The van der Waals surface area contributed by atoms with E-state index in [9.17, 15) is 19.2 Å². The zero-order chi connectivity index (χ0) is 21.5. The second-order valence-electron chi connectivity index (χ2n) is 7.32. The minimum absolute atomic E-state index is 0.308. The highest BCUT2D eigenvalue weighted by atomic mass is 16.5. The Hall–Kier alpha value is -3.94. The van der Waals surface area contributed by atoms with Gasteiger partial charge in [0.2, 0.25) is 5.91 Å². The van der Waals surface area contributed by atoms with E-state index in [2.05, 4.69) is 5.32 Å². The van der Waals surface area contributed by atoms with E-state index in [4.69, 9.17) is 9.15 Å². The number of esters is 1. The molecule has 0 saturated carbocycles. The molecule has 1 aliphatic rings. The summed E-state index contributed by atoms with van der Waals surface area (Å²) in [7, 11) is 0. The van der Waals surface area contributed by atoms with Crippen LogP contribution in [0.15, 0.2) is 63.8 Å². The number of fused-ring (bicyclic) bond motifs is 2. The van der Waals surface area contributed by atoms with Crippen molar-refractivity contribution < 1.29 is 23.5 Å². The van der Waals surface area contributed by atoms with Crippen molar-refractivity contribution >= 4 is 40.1 Å². The predicted molar refractivity (Wildman–Crippen MR) is 109 cm³/mol. The Kier molecular flexibility index (Phi) is 4.62. The molecule has 2 heterocycles. The lowest BCUT2D eigenvalue weighted by molar-refractivity contribution is -0.128. The van der Waals surface area contributed by atoms with Crippen molar-refractivity contribution in [3.8, 4) is 0 Å². The van der Waals surface area contributed by atoms with E-state index in [0.29, 0.717) is 22.3 Å². The van der Waals surface area contributed by atoms with E-state index < -0.39 is 29.6 Å². The molecule has 0 bridgehead atoms. The first-order chi connectivity index (χ1) is 14.3. The average Bonchev–Trinajstić information content (AvgIpc) is 2.72. The molecule has 8 heteroatoms.